The van der Waals surface area contributed by atoms with Gasteiger partial charge in [-0.2, -0.15) is 0 Å². The number of carbonyl (C=O) groups excluding carboxylic acids is 1. The summed E-state index contributed by atoms with van der Waals surface area (Å²) in [6.07, 6.45) is 0.437. The van der Waals surface area contributed by atoms with Crippen molar-refractivity contribution in [2.75, 3.05) is 11.8 Å². The summed E-state index contributed by atoms with van der Waals surface area (Å²) in [6, 6.07) is 9.06. The van der Waals surface area contributed by atoms with Crippen LogP contribution in [-0.2, 0) is 21.2 Å². The minimum absolute atomic E-state index is 0.145. The average Bonchev–Trinajstić information content (AvgIpc) is 2.50. The summed E-state index contributed by atoms with van der Waals surface area (Å²) in [7, 11) is -3.50. The Hall–Kier alpha value is -1.07. The number of nitrogens with zero attached hydrogens (tertiary/aromatic N) is 1. The summed E-state index contributed by atoms with van der Waals surface area (Å²) < 4.78 is 24.0. The third-order valence-electron chi connectivity index (χ3n) is 2.78. The van der Waals surface area contributed by atoms with Crippen LogP contribution in [-0.4, -0.2) is 30.4 Å². The van der Waals surface area contributed by atoms with E-state index in [9.17, 15) is 13.2 Å². The van der Waals surface area contributed by atoms with Gasteiger partial charge in [-0.15, -0.1) is 11.6 Å². The first kappa shape index (κ1) is 12.4. The van der Waals surface area contributed by atoms with E-state index in [0.29, 0.717) is 6.42 Å². The van der Waals surface area contributed by atoms with Gasteiger partial charge in [0.1, 0.15) is 6.00 Å². The van der Waals surface area contributed by atoms with E-state index >= 15 is 0 Å². The van der Waals surface area contributed by atoms with Gasteiger partial charge in [0.25, 0.3) is 0 Å². The Balaban J connectivity index is 2.18. The van der Waals surface area contributed by atoms with Crippen LogP contribution >= 0.6 is 11.6 Å². The second-order valence-electron chi connectivity index (χ2n) is 3.97. The molecule has 92 valence electrons. The Morgan fingerprint density at radius 3 is 2.47 bits per heavy atom. The number of hydrogen-bond donors (Lipinski definition) is 0. The molecule has 0 bridgehead atoms. The molecule has 0 N–H and O–H groups in total. The van der Waals surface area contributed by atoms with Crippen LogP contribution in [0, 0.1) is 5.92 Å². The molecule has 0 radical (unpaired) electrons. The maximum Gasteiger partial charge on any atom is 0.241 e. The molecule has 1 aromatic rings. The predicted molar refractivity (Wildman–Crippen MR) is 65.0 cm³/mol. The molecule has 0 aliphatic carbocycles. The number of alkyl halides is 1. The molecule has 1 saturated heterocycles. The van der Waals surface area contributed by atoms with E-state index in [2.05, 4.69) is 0 Å². The van der Waals surface area contributed by atoms with Gasteiger partial charge in [-0.05, 0) is 12.0 Å². The maximum absolute atomic E-state index is 11.8. The van der Waals surface area contributed by atoms with E-state index in [-0.39, 0.29) is 11.8 Å². The Kier molecular flexibility index (Phi) is 3.40. The molecule has 0 spiro atoms. The van der Waals surface area contributed by atoms with Gasteiger partial charge in [-0.25, -0.2) is 12.7 Å². The summed E-state index contributed by atoms with van der Waals surface area (Å²) in [5.74, 6) is -1.06. The summed E-state index contributed by atoms with van der Waals surface area (Å²) in [5, 5.41) is 0. The standard InChI is InChI=1S/C11H12ClNO3S/c12-8-13-11(14)10(7-17(13,15)16)6-9-4-2-1-3-5-9/h1-5,10H,6-8H2. The highest BCUT2D eigenvalue weighted by molar-refractivity contribution is 7.90. The Morgan fingerprint density at radius 1 is 1.29 bits per heavy atom. The van der Waals surface area contributed by atoms with Crippen molar-refractivity contribution in [3.05, 3.63) is 35.9 Å². The number of halogens is 1. The fourth-order valence-corrected chi connectivity index (χ4v) is 4.02. The van der Waals surface area contributed by atoms with Gasteiger partial charge in [0.2, 0.25) is 15.9 Å². The van der Waals surface area contributed by atoms with Crippen molar-refractivity contribution in [2.45, 2.75) is 6.42 Å². The highest BCUT2D eigenvalue weighted by atomic mass is 35.5. The van der Waals surface area contributed by atoms with Gasteiger partial charge in [0.15, 0.2) is 0 Å². The molecule has 0 aromatic heterocycles. The molecule has 1 aliphatic rings. The monoisotopic (exact) mass is 273 g/mol. The normalized spacial score (nSPS) is 23.0. The molecule has 17 heavy (non-hydrogen) atoms. The average molecular weight is 274 g/mol. The second-order valence-corrected chi connectivity index (χ2v) is 6.15. The minimum Gasteiger partial charge on any atom is -0.273 e. The van der Waals surface area contributed by atoms with Crippen molar-refractivity contribution in [1.82, 2.24) is 4.31 Å². The molecule has 6 heteroatoms. The minimum atomic E-state index is -3.50. The number of hydrogen-bond acceptors (Lipinski definition) is 3. The van der Waals surface area contributed by atoms with Crippen LogP contribution in [0.5, 0.6) is 0 Å². The molecular formula is C11H12ClNO3S. The van der Waals surface area contributed by atoms with Crippen molar-refractivity contribution in [2.24, 2.45) is 5.92 Å². The smallest absolute Gasteiger partial charge is 0.241 e. The number of rotatable bonds is 3. The molecule has 1 fully saturated rings. The van der Waals surface area contributed by atoms with Crippen LogP contribution < -0.4 is 0 Å². The van der Waals surface area contributed by atoms with E-state index < -0.39 is 21.8 Å². The predicted octanol–water partition coefficient (Wildman–Crippen LogP) is 1.21. The lowest BCUT2D eigenvalue weighted by Gasteiger charge is -2.10. The fraction of sp³-hybridized carbons (Fsp3) is 0.364. The lowest BCUT2D eigenvalue weighted by atomic mass is 10.0. The van der Waals surface area contributed by atoms with Crippen LogP contribution in [0.15, 0.2) is 30.3 Å². The molecule has 1 unspecified atom stereocenters. The van der Waals surface area contributed by atoms with Crippen molar-refractivity contribution < 1.29 is 13.2 Å². The molecule has 2 rings (SSSR count). The van der Waals surface area contributed by atoms with Gasteiger partial charge < -0.3 is 0 Å². The van der Waals surface area contributed by atoms with Crippen molar-refractivity contribution in [3.8, 4) is 0 Å². The quantitative estimate of drug-likeness (QED) is 0.614. The van der Waals surface area contributed by atoms with Crippen molar-refractivity contribution >= 4 is 27.5 Å². The summed E-state index contributed by atoms with van der Waals surface area (Å²) in [4.78, 5) is 11.8. The molecule has 1 atom stereocenters. The van der Waals surface area contributed by atoms with E-state index in [0.717, 1.165) is 9.87 Å². The van der Waals surface area contributed by atoms with Gasteiger partial charge in [0.05, 0.1) is 11.7 Å². The van der Waals surface area contributed by atoms with Crippen LogP contribution in [0.25, 0.3) is 0 Å². The van der Waals surface area contributed by atoms with Crippen molar-refractivity contribution in [3.63, 3.8) is 0 Å². The zero-order valence-corrected chi connectivity index (χ0v) is 10.6. The molecule has 1 aromatic carbocycles. The third-order valence-corrected chi connectivity index (χ3v) is 4.96. The topological polar surface area (TPSA) is 54.5 Å². The Labute approximate surface area is 105 Å². The lowest BCUT2D eigenvalue weighted by Crippen LogP contribution is -2.29. The maximum atomic E-state index is 11.8. The molecular weight excluding hydrogens is 262 g/mol. The summed E-state index contributed by atoms with van der Waals surface area (Å²) in [6.45, 7) is 0. The number of benzene rings is 1. The highest BCUT2D eigenvalue weighted by Gasteiger charge is 2.42. The van der Waals surface area contributed by atoms with Gasteiger partial charge in [-0.3, -0.25) is 4.79 Å². The van der Waals surface area contributed by atoms with Crippen LogP contribution in [0.3, 0.4) is 0 Å². The van der Waals surface area contributed by atoms with Gasteiger partial charge in [-0.1, -0.05) is 30.3 Å². The largest absolute Gasteiger partial charge is 0.273 e. The van der Waals surface area contributed by atoms with E-state index in [1.807, 2.05) is 30.3 Å². The van der Waals surface area contributed by atoms with Crippen LogP contribution in [0.4, 0.5) is 0 Å². The van der Waals surface area contributed by atoms with Gasteiger partial charge in [0, 0.05) is 0 Å². The molecule has 1 heterocycles. The van der Waals surface area contributed by atoms with E-state index in [1.165, 1.54) is 0 Å². The first-order valence-electron chi connectivity index (χ1n) is 5.19. The number of amides is 1. The zero-order chi connectivity index (χ0) is 12.5. The number of sulfonamides is 1. The second kappa shape index (κ2) is 4.66. The van der Waals surface area contributed by atoms with E-state index in [4.69, 9.17) is 11.6 Å². The Morgan fingerprint density at radius 2 is 1.94 bits per heavy atom. The van der Waals surface area contributed by atoms with Gasteiger partial charge >= 0.3 is 0 Å². The lowest BCUT2D eigenvalue weighted by molar-refractivity contribution is -0.128. The summed E-state index contributed by atoms with van der Waals surface area (Å²) >= 11 is 5.48. The molecule has 4 nitrogen and oxygen atoms in total. The molecule has 0 saturated carbocycles. The molecule has 1 amide bonds. The zero-order valence-electron chi connectivity index (χ0n) is 9.04. The van der Waals surface area contributed by atoms with E-state index in [1.54, 1.807) is 0 Å². The fourth-order valence-electron chi connectivity index (χ4n) is 1.93. The third kappa shape index (κ3) is 2.45. The Bertz CT molecular complexity index is 515. The first-order valence-corrected chi connectivity index (χ1v) is 7.33. The highest BCUT2D eigenvalue weighted by Crippen LogP contribution is 2.24. The first-order chi connectivity index (χ1) is 8.04. The van der Waals surface area contributed by atoms with Crippen LogP contribution in [0.2, 0.25) is 0 Å². The van der Waals surface area contributed by atoms with Crippen LogP contribution in [0.1, 0.15) is 5.56 Å². The SMILES string of the molecule is O=C1C(Cc2ccccc2)CS(=O)(=O)N1CCl. The van der Waals surface area contributed by atoms with Crippen molar-refractivity contribution in [1.29, 1.82) is 0 Å². The number of carbonyl (C=O) groups is 1. The summed E-state index contributed by atoms with van der Waals surface area (Å²) in [5.41, 5.74) is 0.956. The molecule has 1 aliphatic heterocycles.